The van der Waals surface area contributed by atoms with Gasteiger partial charge in [-0.05, 0) is 11.6 Å². The number of aryl methyl sites for hydroxylation is 1. The molecule has 1 amide bonds. The Morgan fingerprint density at radius 1 is 1.31 bits per heavy atom. The summed E-state index contributed by atoms with van der Waals surface area (Å²) in [6, 6.07) is 1.79. The monoisotopic (exact) mass is 393 g/mol. The Labute approximate surface area is 161 Å². The molecular weight excluding hydrogens is 373 g/mol. The number of fused-ring (bicyclic) bond motifs is 3. The highest BCUT2D eigenvalue weighted by Gasteiger charge is 2.27. The van der Waals surface area contributed by atoms with Gasteiger partial charge in [-0.1, -0.05) is 44.0 Å². The highest BCUT2D eigenvalue weighted by Crippen LogP contribution is 2.42. The number of halogens is 2. The van der Waals surface area contributed by atoms with Crippen molar-refractivity contribution in [3.05, 3.63) is 33.6 Å². The minimum atomic E-state index is -0.00216. The van der Waals surface area contributed by atoms with E-state index in [1.807, 2.05) is 13.8 Å². The third-order valence-corrected chi connectivity index (χ3v) is 5.20. The van der Waals surface area contributed by atoms with Crippen LogP contribution >= 0.6 is 23.2 Å². The third kappa shape index (κ3) is 3.08. The van der Waals surface area contributed by atoms with E-state index in [9.17, 15) is 4.79 Å². The Morgan fingerprint density at radius 3 is 2.69 bits per heavy atom. The average Bonchev–Trinajstić information content (AvgIpc) is 3.19. The molecule has 3 heterocycles. The van der Waals surface area contributed by atoms with E-state index in [2.05, 4.69) is 27.4 Å². The van der Waals surface area contributed by atoms with Crippen LogP contribution in [0.15, 0.2) is 12.3 Å². The van der Waals surface area contributed by atoms with Crippen LogP contribution in [-0.4, -0.2) is 32.4 Å². The number of carbonyl (C=O) groups excluding carboxylic acids is 1. The van der Waals surface area contributed by atoms with Crippen LogP contribution in [0.4, 0.5) is 0 Å². The number of nitrogens with zero attached hydrogens (tertiary/aromatic N) is 3. The maximum Gasteiger partial charge on any atom is 0.224 e. The zero-order chi connectivity index (χ0) is 19.0. The van der Waals surface area contributed by atoms with Crippen molar-refractivity contribution in [3.8, 4) is 11.3 Å². The number of hydrogen-bond donors (Lipinski definition) is 2. The van der Waals surface area contributed by atoms with Gasteiger partial charge < -0.3 is 10.3 Å². The van der Waals surface area contributed by atoms with Crippen LogP contribution < -0.4 is 5.32 Å². The van der Waals surface area contributed by atoms with Gasteiger partial charge in [0.25, 0.3) is 0 Å². The van der Waals surface area contributed by atoms with E-state index < -0.39 is 0 Å². The van der Waals surface area contributed by atoms with Gasteiger partial charge in [-0.3, -0.25) is 4.79 Å². The molecule has 0 fully saturated rings. The van der Waals surface area contributed by atoms with Crippen molar-refractivity contribution < 1.29 is 4.79 Å². The largest absolute Gasteiger partial charge is 0.357 e. The molecule has 1 unspecified atom stereocenters. The Kier molecular flexibility index (Phi) is 5.25. The molecule has 1 atom stereocenters. The number of nitrogens with one attached hydrogen (secondary N) is 2. The summed E-state index contributed by atoms with van der Waals surface area (Å²) in [7, 11) is 1.76. The van der Waals surface area contributed by atoms with Crippen molar-refractivity contribution in [1.82, 2.24) is 25.3 Å². The van der Waals surface area contributed by atoms with Crippen LogP contribution in [-0.2, 0) is 18.3 Å². The van der Waals surface area contributed by atoms with E-state index >= 15 is 0 Å². The molecule has 8 heteroatoms. The third-order valence-electron chi connectivity index (χ3n) is 4.42. The fourth-order valence-corrected chi connectivity index (χ4v) is 3.67. The molecule has 0 radical (unpaired) electrons. The molecule has 4 rings (SSSR count). The SMILES string of the molecule is CC.CC1CNC(=O)Cc2c1[nH]c1c(Cl)c(Cl)cc(-c3cnn(C)n3)c21. The Morgan fingerprint density at radius 2 is 2.04 bits per heavy atom. The molecule has 6 nitrogen and oxygen atoms in total. The average molecular weight is 394 g/mol. The lowest BCUT2D eigenvalue weighted by Crippen LogP contribution is -2.25. The number of carbonyl (C=O) groups is 1. The lowest BCUT2D eigenvalue weighted by Gasteiger charge is -2.07. The number of hydrogen-bond acceptors (Lipinski definition) is 3. The molecule has 1 aliphatic heterocycles. The van der Waals surface area contributed by atoms with Crippen molar-refractivity contribution in [2.75, 3.05) is 6.54 Å². The van der Waals surface area contributed by atoms with Crippen LogP contribution in [0.25, 0.3) is 22.2 Å². The normalized spacial score (nSPS) is 16.5. The van der Waals surface area contributed by atoms with Crippen LogP contribution in [0.2, 0.25) is 10.0 Å². The molecule has 1 aliphatic rings. The first-order valence-corrected chi connectivity index (χ1v) is 9.37. The van der Waals surface area contributed by atoms with Gasteiger partial charge in [-0.15, -0.1) is 0 Å². The smallest absolute Gasteiger partial charge is 0.224 e. The quantitative estimate of drug-likeness (QED) is 0.653. The van der Waals surface area contributed by atoms with Crippen molar-refractivity contribution >= 4 is 40.0 Å². The lowest BCUT2D eigenvalue weighted by atomic mass is 9.97. The van der Waals surface area contributed by atoms with Crippen LogP contribution in [0.3, 0.4) is 0 Å². The minimum Gasteiger partial charge on any atom is -0.357 e. The second-order valence-electron chi connectivity index (χ2n) is 6.09. The second kappa shape index (κ2) is 7.29. The van der Waals surface area contributed by atoms with Gasteiger partial charge in [0.05, 0.1) is 28.2 Å². The second-order valence-corrected chi connectivity index (χ2v) is 6.87. The van der Waals surface area contributed by atoms with Gasteiger partial charge >= 0.3 is 0 Å². The fraction of sp³-hybridized carbons (Fsp3) is 0.389. The van der Waals surface area contributed by atoms with Crippen LogP contribution in [0.1, 0.15) is 37.9 Å². The van der Waals surface area contributed by atoms with Crippen molar-refractivity contribution in [2.24, 2.45) is 7.05 Å². The summed E-state index contributed by atoms with van der Waals surface area (Å²) in [5.41, 5.74) is 4.23. The summed E-state index contributed by atoms with van der Waals surface area (Å²) >= 11 is 12.8. The van der Waals surface area contributed by atoms with Gasteiger partial charge in [0, 0.05) is 36.2 Å². The molecule has 0 spiro atoms. The summed E-state index contributed by atoms with van der Waals surface area (Å²) in [6.07, 6.45) is 1.98. The maximum atomic E-state index is 12.1. The summed E-state index contributed by atoms with van der Waals surface area (Å²) in [5.74, 6) is 0.154. The molecule has 138 valence electrons. The van der Waals surface area contributed by atoms with Crippen molar-refractivity contribution in [3.63, 3.8) is 0 Å². The number of benzene rings is 1. The zero-order valence-corrected chi connectivity index (χ0v) is 16.7. The van der Waals surface area contributed by atoms with E-state index in [-0.39, 0.29) is 11.8 Å². The lowest BCUT2D eigenvalue weighted by molar-refractivity contribution is -0.120. The topological polar surface area (TPSA) is 75.6 Å². The Hall–Kier alpha value is -2.05. The number of aromatic nitrogens is 4. The van der Waals surface area contributed by atoms with Crippen molar-refractivity contribution in [2.45, 2.75) is 33.1 Å². The van der Waals surface area contributed by atoms with E-state index in [1.54, 1.807) is 19.3 Å². The first-order chi connectivity index (χ1) is 12.5. The number of aromatic amines is 1. The minimum absolute atomic E-state index is 0.00216. The standard InChI is InChI=1S/C16H15Cl2N5O.C2H6/c1-7-5-19-12(24)4-9-13-8(11-6-20-23(2)22-11)3-10(17)14(18)16(13)21-15(7)9;1-2/h3,6-7,21H,4-5H2,1-2H3,(H,19,24);1-2H3. The van der Waals surface area contributed by atoms with Crippen molar-refractivity contribution in [1.29, 1.82) is 0 Å². The molecule has 2 N–H and O–H groups in total. The van der Waals surface area contributed by atoms with E-state index in [0.717, 1.165) is 27.7 Å². The molecule has 2 aromatic heterocycles. The predicted molar refractivity (Wildman–Crippen MR) is 105 cm³/mol. The van der Waals surface area contributed by atoms with Gasteiger partial charge in [0.1, 0.15) is 5.69 Å². The molecule has 0 saturated carbocycles. The molecular formula is C18H21Cl2N5O. The highest BCUT2D eigenvalue weighted by atomic mass is 35.5. The number of rotatable bonds is 1. The summed E-state index contributed by atoms with van der Waals surface area (Å²) in [6.45, 7) is 6.65. The zero-order valence-electron chi connectivity index (χ0n) is 15.2. The Balaban J connectivity index is 0.000000948. The molecule has 0 bridgehead atoms. The highest BCUT2D eigenvalue weighted by molar-refractivity contribution is 6.45. The molecule has 1 aromatic carbocycles. The molecule has 3 aromatic rings. The number of amides is 1. The first kappa shape index (κ1) is 18.7. The summed E-state index contributed by atoms with van der Waals surface area (Å²) in [4.78, 5) is 17.0. The van der Waals surface area contributed by atoms with E-state index in [4.69, 9.17) is 23.2 Å². The van der Waals surface area contributed by atoms with Crippen LogP contribution in [0, 0.1) is 0 Å². The maximum absolute atomic E-state index is 12.1. The fourth-order valence-electron chi connectivity index (χ4n) is 3.27. The van der Waals surface area contributed by atoms with Crippen LogP contribution in [0.5, 0.6) is 0 Å². The molecule has 0 saturated heterocycles. The summed E-state index contributed by atoms with van der Waals surface area (Å²) in [5, 5.41) is 13.2. The Bertz CT molecular complexity index is 976. The number of H-pyrrole nitrogens is 1. The molecule has 0 aliphatic carbocycles. The van der Waals surface area contributed by atoms with E-state index in [0.29, 0.717) is 28.7 Å². The first-order valence-electron chi connectivity index (χ1n) is 8.61. The van der Waals surface area contributed by atoms with Gasteiger partial charge in [-0.2, -0.15) is 15.0 Å². The van der Waals surface area contributed by atoms with E-state index in [1.165, 1.54) is 4.80 Å². The predicted octanol–water partition coefficient (Wildman–Crippen LogP) is 4.07. The van der Waals surface area contributed by atoms with Gasteiger partial charge in [-0.25, -0.2) is 0 Å². The molecule has 26 heavy (non-hydrogen) atoms. The van der Waals surface area contributed by atoms with Gasteiger partial charge in [0.2, 0.25) is 5.91 Å². The van der Waals surface area contributed by atoms with Gasteiger partial charge in [0.15, 0.2) is 0 Å². The summed E-state index contributed by atoms with van der Waals surface area (Å²) < 4.78 is 0.